The van der Waals surface area contributed by atoms with Gasteiger partial charge < -0.3 is 15.4 Å². The third-order valence-corrected chi connectivity index (χ3v) is 4.18. The lowest BCUT2D eigenvalue weighted by atomic mass is 10.2. The van der Waals surface area contributed by atoms with E-state index in [-0.39, 0.29) is 0 Å². The highest BCUT2D eigenvalue weighted by Gasteiger charge is 2.14. The lowest BCUT2D eigenvalue weighted by Crippen LogP contribution is -2.35. The van der Waals surface area contributed by atoms with Crippen LogP contribution in [0.25, 0.3) is 10.4 Å². The fraction of sp³-hybridized carbons (Fsp3) is 0.385. The average molecular weight is 276 g/mol. The number of morpholine rings is 1. The Labute approximate surface area is 116 Å². The summed E-state index contributed by atoms with van der Waals surface area (Å²) in [7, 11) is 0. The normalized spacial score (nSPS) is 15.7. The molecule has 2 aromatic heterocycles. The van der Waals surface area contributed by atoms with Gasteiger partial charge in [-0.05, 0) is 13.0 Å². The number of aromatic nitrogens is 2. The number of nitrogens with two attached hydrogens (primary N) is 1. The summed E-state index contributed by atoms with van der Waals surface area (Å²) in [5.41, 5.74) is 8.81. The molecule has 2 N–H and O–H groups in total. The van der Waals surface area contributed by atoms with Crippen LogP contribution in [0.3, 0.4) is 0 Å². The number of nitrogens with zero attached hydrogens (tertiary/aromatic N) is 3. The van der Waals surface area contributed by atoms with Crippen molar-refractivity contribution in [1.82, 2.24) is 9.97 Å². The fourth-order valence-electron chi connectivity index (χ4n) is 2.18. The van der Waals surface area contributed by atoms with Gasteiger partial charge in [0, 0.05) is 40.8 Å². The van der Waals surface area contributed by atoms with E-state index in [2.05, 4.69) is 26.3 Å². The molecule has 1 saturated heterocycles. The minimum absolute atomic E-state index is 0.325. The van der Waals surface area contributed by atoms with Crippen LogP contribution in [-0.4, -0.2) is 36.3 Å². The van der Waals surface area contributed by atoms with E-state index in [1.54, 1.807) is 17.5 Å². The molecule has 0 aromatic carbocycles. The molecule has 6 heteroatoms. The number of hydrogen-bond acceptors (Lipinski definition) is 6. The van der Waals surface area contributed by atoms with E-state index in [0.29, 0.717) is 5.95 Å². The second-order valence-electron chi connectivity index (χ2n) is 4.50. The van der Waals surface area contributed by atoms with Crippen molar-refractivity contribution < 1.29 is 4.74 Å². The topological polar surface area (TPSA) is 64.3 Å². The molecule has 1 aliphatic heterocycles. The minimum Gasteiger partial charge on any atom is -0.378 e. The third-order valence-electron chi connectivity index (χ3n) is 3.23. The van der Waals surface area contributed by atoms with Crippen LogP contribution in [0.15, 0.2) is 17.6 Å². The van der Waals surface area contributed by atoms with Crippen molar-refractivity contribution in [2.75, 3.05) is 36.9 Å². The zero-order valence-electron chi connectivity index (χ0n) is 10.8. The molecule has 100 valence electrons. The molecule has 3 heterocycles. The van der Waals surface area contributed by atoms with E-state index in [1.807, 2.05) is 6.92 Å². The SMILES string of the molecule is Cc1nc(N)ncc1-c1cc(N2CCOCC2)cs1. The van der Waals surface area contributed by atoms with Gasteiger partial charge in [-0.3, -0.25) is 0 Å². The predicted molar refractivity (Wildman–Crippen MR) is 77.5 cm³/mol. The van der Waals surface area contributed by atoms with Crippen LogP contribution in [0, 0.1) is 6.92 Å². The Kier molecular flexibility index (Phi) is 3.35. The maximum Gasteiger partial charge on any atom is 0.220 e. The molecule has 0 aliphatic carbocycles. The van der Waals surface area contributed by atoms with Crippen LogP contribution in [0.1, 0.15) is 5.69 Å². The van der Waals surface area contributed by atoms with Crippen LogP contribution in [0.5, 0.6) is 0 Å². The Morgan fingerprint density at radius 2 is 2.16 bits per heavy atom. The number of aryl methyl sites for hydroxylation is 1. The first-order chi connectivity index (χ1) is 9.24. The molecular formula is C13H16N4OS. The predicted octanol–water partition coefficient (Wildman–Crippen LogP) is 1.93. The van der Waals surface area contributed by atoms with Gasteiger partial charge in [0.2, 0.25) is 5.95 Å². The summed E-state index contributed by atoms with van der Waals surface area (Å²) in [5.74, 6) is 0.325. The smallest absolute Gasteiger partial charge is 0.220 e. The first kappa shape index (κ1) is 12.4. The highest BCUT2D eigenvalue weighted by atomic mass is 32.1. The molecule has 1 fully saturated rings. The largest absolute Gasteiger partial charge is 0.378 e. The summed E-state index contributed by atoms with van der Waals surface area (Å²) in [5, 5.41) is 2.18. The molecule has 0 radical (unpaired) electrons. The minimum atomic E-state index is 0.325. The molecule has 1 aliphatic rings. The van der Waals surface area contributed by atoms with Crippen LogP contribution < -0.4 is 10.6 Å². The maximum atomic E-state index is 5.59. The van der Waals surface area contributed by atoms with Crippen molar-refractivity contribution in [2.24, 2.45) is 0 Å². The Balaban J connectivity index is 1.87. The lowest BCUT2D eigenvalue weighted by Gasteiger charge is -2.27. The van der Waals surface area contributed by atoms with Crippen molar-refractivity contribution in [3.8, 4) is 10.4 Å². The third kappa shape index (κ3) is 2.54. The Bertz CT molecular complexity index is 578. The summed E-state index contributed by atoms with van der Waals surface area (Å²) < 4.78 is 5.37. The molecule has 2 aromatic rings. The van der Waals surface area contributed by atoms with Crippen molar-refractivity contribution in [3.05, 3.63) is 23.3 Å². The molecule has 0 spiro atoms. The van der Waals surface area contributed by atoms with Crippen LogP contribution in [0.4, 0.5) is 11.6 Å². The molecular weight excluding hydrogens is 260 g/mol. The van der Waals surface area contributed by atoms with Crippen molar-refractivity contribution >= 4 is 23.0 Å². The lowest BCUT2D eigenvalue weighted by molar-refractivity contribution is 0.123. The molecule has 5 nitrogen and oxygen atoms in total. The van der Waals surface area contributed by atoms with Crippen LogP contribution in [-0.2, 0) is 4.74 Å². The fourth-order valence-corrected chi connectivity index (χ4v) is 3.16. The van der Waals surface area contributed by atoms with Gasteiger partial charge in [-0.2, -0.15) is 0 Å². The molecule has 3 rings (SSSR count). The average Bonchev–Trinajstić information content (AvgIpc) is 2.89. The molecule has 0 atom stereocenters. The van der Waals surface area contributed by atoms with Crippen LogP contribution in [0.2, 0.25) is 0 Å². The Hall–Kier alpha value is -1.66. The van der Waals surface area contributed by atoms with Gasteiger partial charge in [-0.25, -0.2) is 9.97 Å². The van der Waals surface area contributed by atoms with E-state index in [1.165, 1.54) is 10.6 Å². The first-order valence-corrected chi connectivity index (χ1v) is 7.13. The zero-order chi connectivity index (χ0) is 13.2. The van der Waals surface area contributed by atoms with E-state index in [0.717, 1.165) is 37.6 Å². The standard InChI is InChI=1S/C13H16N4OS/c1-9-11(7-15-13(14)16-9)12-6-10(8-19-12)17-2-4-18-5-3-17/h6-8H,2-5H2,1H3,(H2,14,15,16). The number of thiophene rings is 1. The van der Waals surface area contributed by atoms with Gasteiger partial charge in [0.1, 0.15) is 0 Å². The number of nitrogen functional groups attached to an aromatic ring is 1. The first-order valence-electron chi connectivity index (χ1n) is 6.25. The molecule has 0 bridgehead atoms. The number of hydrogen-bond donors (Lipinski definition) is 1. The molecule has 0 unspecified atom stereocenters. The van der Waals surface area contributed by atoms with E-state index in [4.69, 9.17) is 10.5 Å². The van der Waals surface area contributed by atoms with Crippen LogP contribution >= 0.6 is 11.3 Å². The summed E-state index contributed by atoms with van der Waals surface area (Å²) in [6.45, 7) is 5.46. The Morgan fingerprint density at radius 1 is 1.37 bits per heavy atom. The van der Waals surface area contributed by atoms with Gasteiger partial charge in [-0.1, -0.05) is 0 Å². The van der Waals surface area contributed by atoms with Gasteiger partial charge >= 0.3 is 0 Å². The highest BCUT2D eigenvalue weighted by Crippen LogP contribution is 2.33. The highest BCUT2D eigenvalue weighted by molar-refractivity contribution is 7.14. The van der Waals surface area contributed by atoms with Crippen molar-refractivity contribution in [1.29, 1.82) is 0 Å². The van der Waals surface area contributed by atoms with Crippen molar-refractivity contribution in [3.63, 3.8) is 0 Å². The van der Waals surface area contributed by atoms with Gasteiger partial charge in [0.05, 0.1) is 18.9 Å². The van der Waals surface area contributed by atoms with E-state index >= 15 is 0 Å². The number of ether oxygens (including phenoxy) is 1. The second-order valence-corrected chi connectivity index (χ2v) is 5.41. The van der Waals surface area contributed by atoms with E-state index < -0.39 is 0 Å². The van der Waals surface area contributed by atoms with Gasteiger partial charge in [0.25, 0.3) is 0 Å². The summed E-state index contributed by atoms with van der Waals surface area (Å²) in [6.07, 6.45) is 1.80. The summed E-state index contributed by atoms with van der Waals surface area (Å²) in [4.78, 5) is 11.8. The second kappa shape index (κ2) is 5.14. The zero-order valence-corrected chi connectivity index (χ0v) is 11.6. The van der Waals surface area contributed by atoms with Crippen molar-refractivity contribution in [2.45, 2.75) is 6.92 Å². The number of anilines is 2. The summed E-state index contributed by atoms with van der Waals surface area (Å²) in [6, 6.07) is 2.19. The van der Waals surface area contributed by atoms with Gasteiger partial charge in [-0.15, -0.1) is 11.3 Å². The quantitative estimate of drug-likeness (QED) is 0.908. The van der Waals surface area contributed by atoms with Gasteiger partial charge in [0.15, 0.2) is 0 Å². The van der Waals surface area contributed by atoms with E-state index in [9.17, 15) is 0 Å². The number of rotatable bonds is 2. The summed E-state index contributed by atoms with van der Waals surface area (Å²) >= 11 is 1.71. The molecule has 0 amide bonds. The molecule has 0 saturated carbocycles. The monoisotopic (exact) mass is 276 g/mol. The maximum absolute atomic E-state index is 5.59. The Morgan fingerprint density at radius 3 is 2.89 bits per heavy atom. The molecule has 19 heavy (non-hydrogen) atoms.